The maximum atomic E-state index is 13.3. The number of nitrogens with one attached hydrogen (secondary N) is 4. The summed E-state index contributed by atoms with van der Waals surface area (Å²) in [6, 6.07) is 13.4. The molecule has 15 heteroatoms. The average Bonchev–Trinajstić information content (AvgIpc) is 3.67. The molecule has 254 valence electrons. The van der Waals surface area contributed by atoms with Crippen LogP contribution in [0, 0.1) is 11.3 Å². The first-order chi connectivity index (χ1) is 24.3. The van der Waals surface area contributed by atoms with Crippen molar-refractivity contribution >= 4 is 52.1 Å². The minimum absolute atomic E-state index is 0.0476. The second-order valence-electron chi connectivity index (χ2n) is 12.3. The van der Waals surface area contributed by atoms with Crippen LogP contribution in [0.5, 0.6) is 0 Å². The van der Waals surface area contributed by atoms with Crippen molar-refractivity contribution in [3.05, 3.63) is 71.7 Å². The molecule has 3 aliphatic rings. The van der Waals surface area contributed by atoms with E-state index >= 15 is 0 Å². The van der Waals surface area contributed by atoms with Gasteiger partial charge in [-0.25, -0.2) is 9.97 Å². The Morgan fingerprint density at radius 1 is 1.06 bits per heavy atom. The van der Waals surface area contributed by atoms with Gasteiger partial charge in [0.25, 0.3) is 11.8 Å². The number of nitriles is 1. The third-order valence-electron chi connectivity index (χ3n) is 9.06. The third kappa shape index (κ3) is 6.24. The minimum Gasteiger partial charge on any atom is -0.384 e. The second-order valence-corrected chi connectivity index (χ2v) is 12.3. The molecule has 4 N–H and O–H groups in total. The molecule has 3 aliphatic heterocycles. The molecule has 0 bridgehead atoms. The molecular weight excluding hydrogens is 642 g/mol. The van der Waals surface area contributed by atoms with E-state index in [1.165, 1.54) is 6.33 Å². The maximum absolute atomic E-state index is 13.3. The van der Waals surface area contributed by atoms with Gasteiger partial charge in [0, 0.05) is 50.0 Å². The van der Waals surface area contributed by atoms with Crippen LogP contribution in [0.4, 0.5) is 11.5 Å². The van der Waals surface area contributed by atoms with Crippen LogP contribution in [0.1, 0.15) is 52.0 Å². The number of imide groups is 2. The molecule has 5 heterocycles. The van der Waals surface area contributed by atoms with E-state index in [2.05, 4.69) is 41.9 Å². The molecule has 2 unspecified atom stereocenters. The normalized spacial score (nSPS) is 18.9. The highest BCUT2D eigenvalue weighted by Crippen LogP contribution is 2.35. The van der Waals surface area contributed by atoms with E-state index in [9.17, 15) is 29.2 Å². The lowest BCUT2D eigenvalue weighted by atomic mass is 10.0. The van der Waals surface area contributed by atoms with Crippen LogP contribution in [-0.2, 0) is 19.1 Å². The minimum atomic E-state index is -1.04. The monoisotopic (exact) mass is 675 g/mol. The number of aromatic nitrogens is 3. The fraction of sp³-hybridized carbons (Fsp3) is 0.314. The van der Waals surface area contributed by atoms with Crippen molar-refractivity contribution in [2.75, 3.05) is 43.0 Å². The van der Waals surface area contributed by atoms with E-state index in [0.29, 0.717) is 56.1 Å². The zero-order chi connectivity index (χ0) is 34.8. The number of carbonyl (C=O) groups is 5. The van der Waals surface area contributed by atoms with E-state index in [-0.39, 0.29) is 42.4 Å². The summed E-state index contributed by atoms with van der Waals surface area (Å²) in [5.41, 5.74) is 3.82. The van der Waals surface area contributed by atoms with E-state index in [1.54, 1.807) is 24.3 Å². The highest BCUT2D eigenvalue weighted by molar-refractivity contribution is 6.25. The average molecular weight is 676 g/mol. The summed E-state index contributed by atoms with van der Waals surface area (Å²) in [4.78, 5) is 78.5. The molecule has 2 aromatic carbocycles. The van der Waals surface area contributed by atoms with E-state index in [4.69, 9.17) is 4.74 Å². The molecule has 4 aromatic rings. The summed E-state index contributed by atoms with van der Waals surface area (Å²) in [6.45, 7) is 2.23. The van der Waals surface area contributed by atoms with E-state index < -0.39 is 29.7 Å². The van der Waals surface area contributed by atoms with Gasteiger partial charge in [-0.1, -0.05) is 18.2 Å². The van der Waals surface area contributed by atoms with Crippen LogP contribution in [0.15, 0.2) is 55.0 Å². The number of aromatic amines is 1. The molecule has 15 nitrogen and oxygen atoms in total. The molecule has 7 rings (SSSR count). The Kier molecular flexibility index (Phi) is 8.92. The molecular formula is C35H33N9O6. The van der Waals surface area contributed by atoms with Crippen molar-refractivity contribution in [1.82, 2.24) is 30.5 Å². The van der Waals surface area contributed by atoms with Crippen molar-refractivity contribution in [3.8, 4) is 17.2 Å². The predicted octanol–water partition coefficient (Wildman–Crippen LogP) is 2.11. The Bertz CT molecular complexity index is 2070. The Hall–Kier alpha value is -6.14. The Balaban J connectivity index is 0.923. The van der Waals surface area contributed by atoms with Crippen LogP contribution in [0.2, 0.25) is 0 Å². The molecule has 0 aliphatic carbocycles. The van der Waals surface area contributed by atoms with Crippen molar-refractivity contribution in [2.45, 2.75) is 37.8 Å². The summed E-state index contributed by atoms with van der Waals surface area (Å²) in [7, 11) is 0. The number of hydrogen-bond donors (Lipinski definition) is 4. The van der Waals surface area contributed by atoms with Gasteiger partial charge in [0.2, 0.25) is 17.7 Å². The lowest BCUT2D eigenvalue weighted by molar-refractivity contribution is -0.136. The zero-order valence-corrected chi connectivity index (χ0v) is 26.9. The summed E-state index contributed by atoms with van der Waals surface area (Å²) in [5, 5.41) is 18.5. The summed E-state index contributed by atoms with van der Waals surface area (Å²) in [6.07, 6.45) is 3.82. The quantitative estimate of drug-likeness (QED) is 0.142. The lowest BCUT2D eigenvalue weighted by Gasteiger charge is -2.34. The number of benzene rings is 2. The number of nitrogens with zero attached hydrogens (tertiary/aromatic N) is 5. The van der Waals surface area contributed by atoms with E-state index in [1.807, 2.05) is 24.4 Å². The number of amides is 5. The molecule has 0 saturated carbocycles. The first-order valence-electron chi connectivity index (χ1n) is 16.4. The fourth-order valence-corrected chi connectivity index (χ4v) is 6.69. The van der Waals surface area contributed by atoms with Gasteiger partial charge in [-0.05, 0) is 42.7 Å². The second kappa shape index (κ2) is 13.8. The SMILES string of the molecule is N#Cc1cccc(-c2c[nH]c3ncnc(N4CCOC(CC(=O)NCCCNc5cccc6c5C(=O)N(C5CCC(=O)NC5=O)C6=O)C4)c23)c1. The maximum Gasteiger partial charge on any atom is 0.264 e. The summed E-state index contributed by atoms with van der Waals surface area (Å²) < 4.78 is 5.94. The van der Waals surface area contributed by atoms with Gasteiger partial charge >= 0.3 is 0 Å². The standard InChI is InChI=1S/C35H33N9O6/c36-16-20-4-1-5-21(14-20)24-17-39-31-30(24)32(41-19-40-31)43-12-13-50-22(18-43)15-28(46)38-11-3-10-37-25-7-2-6-23-29(25)35(49)44(34(23)48)26-8-9-27(45)42-33(26)47/h1-2,4-7,14,17,19,22,26,37H,3,8-13,15,18H2,(H,38,46)(H,39,40,41)(H,42,45,47). The van der Waals surface area contributed by atoms with Crippen molar-refractivity contribution < 1.29 is 28.7 Å². The van der Waals surface area contributed by atoms with Crippen LogP contribution < -0.4 is 20.9 Å². The zero-order valence-electron chi connectivity index (χ0n) is 26.9. The number of ether oxygens (including phenoxy) is 1. The van der Waals surface area contributed by atoms with Gasteiger partial charge < -0.3 is 25.3 Å². The van der Waals surface area contributed by atoms with Gasteiger partial charge in [-0.3, -0.25) is 34.2 Å². The van der Waals surface area contributed by atoms with Gasteiger partial charge in [-0.2, -0.15) is 5.26 Å². The first kappa shape index (κ1) is 32.4. The van der Waals surface area contributed by atoms with Gasteiger partial charge in [-0.15, -0.1) is 0 Å². The summed E-state index contributed by atoms with van der Waals surface area (Å²) in [5.74, 6) is -1.68. The number of hydrogen-bond acceptors (Lipinski definition) is 11. The van der Waals surface area contributed by atoms with Crippen LogP contribution in [0.3, 0.4) is 0 Å². The number of H-pyrrole nitrogens is 1. The molecule has 0 spiro atoms. The lowest BCUT2D eigenvalue weighted by Crippen LogP contribution is -2.54. The first-order valence-corrected chi connectivity index (χ1v) is 16.4. The molecule has 2 saturated heterocycles. The third-order valence-corrected chi connectivity index (χ3v) is 9.06. The Labute approximate surface area is 286 Å². The molecule has 0 radical (unpaired) electrons. The van der Waals surface area contributed by atoms with Crippen LogP contribution in [0.25, 0.3) is 22.2 Å². The predicted molar refractivity (Wildman–Crippen MR) is 180 cm³/mol. The highest BCUT2D eigenvalue weighted by atomic mass is 16.5. The van der Waals surface area contributed by atoms with Crippen molar-refractivity contribution in [2.24, 2.45) is 0 Å². The number of piperidine rings is 1. The highest BCUT2D eigenvalue weighted by Gasteiger charge is 2.45. The molecule has 2 aromatic heterocycles. The number of fused-ring (bicyclic) bond motifs is 2. The molecule has 5 amide bonds. The smallest absolute Gasteiger partial charge is 0.264 e. The van der Waals surface area contributed by atoms with E-state index in [0.717, 1.165) is 27.2 Å². The molecule has 50 heavy (non-hydrogen) atoms. The molecule has 2 fully saturated rings. The number of carbonyl (C=O) groups excluding carboxylic acids is 5. The topological polar surface area (TPSA) is 203 Å². The number of morpholine rings is 1. The van der Waals surface area contributed by atoms with Gasteiger partial charge in [0.05, 0.1) is 47.3 Å². The van der Waals surface area contributed by atoms with Crippen LogP contribution in [-0.4, -0.2) is 94.3 Å². The van der Waals surface area contributed by atoms with Crippen molar-refractivity contribution in [3.63, 3.8) is 0 Å². The fourth-order valence-electron chi connectivity index (χ4n) is 6.69. The Morgan fingerprint density at radius 3 is 2.76 bits per heavy atom. The number of anilines is 2. The largest absolute Gasteiger partial charge is 0.384 e. The van der Waals surface area contributed by atoms with Gasteiger partial charge in [0.15, 0.2) is 0 Å². The van der Waals surface area contributed by atoms with Gasteiger partial charge in [0.1, 0.15) is 23.8 Å². The molecule has 2 atom stereocenters. The number of rotatable bonds is 10. The van der Waals surface area contributed by atoms with Crippen molar-refractivity contribution in [1.29, 1.82) is 5.26 Å². The van der Waals surface area contributed by atoms with Crippen LogP contribution >= 0.6 is 0 Å². The summed E-state index contributed by atoms with van der Waals surface area (Å²) >= 11 is 0. The Morgan fingerprint density at radius 2 is 1.92 bits per heavy atom.